The van der Waals surface area contributed by atoms with Crippen molar-refractivity contribution in [2.45, 2.75) is 31.5 Å². The van der Waals surface area contributed by atoms with Crippen molar-refractivity contribution in [1.29, 1.82) is 0 Å². The van der Waals surface area contributed by atoms with Crippen LogP contribution in [0, 0.1) is 0 Å². The van der Waals surface area contributed by atoms with Crippen molar-refractivity contribution < 1.29 is 9.53 Å². The van der Waals surface area contributed by atoms with E-state index in [2.05, 4.69) is 21.8 Å². The molecule has 2 heterocycles. The normalized spacial score (nSPS) is 15.1. The van der Waals surface area contributed by atoms with Gasteiger partial charge < -0.3 is 15.4 Å². The van der Waals surface area contributed by atoms with Crippen molar-refractivity contribution in [1.82, 2.24) is 20.4 Å². The first-order valence-corrected chi connectivity index (χ1v) is 10.0. The molecule has 1 amide bonds. The number of amides is 1. The van der Waals surface area contributed by atoms with Gasteiger partial charge >= 0.3 is 0 Å². The Morgan fingerprint density at radius 3 is 2.57 bits per heavy atom. The molecule has 4 rings (SSSR count). The maximum atomic E-state index is 13.2. The molecule has 0 radical (unpaired) electrons. The summed E-state index contributed by atoms with van der Waals surface area (Å²) in [6, 6.07) is 19.8. The number of rotatable bonds is 7. The minimum Gasteiger partial charge on any atom is -0.489 e. The van der Waals surface area contributed by atoms with Gasteiger partial charge in [0.15, 0.2) is 0 Å². The van der Waals surface area contributed by atoms with E-state index in [-0.39, 0.29) is 18.3 Å². The summed E-state index contributed by atoms with van der Waals surface area (Å²) >= 11 is 0. The summed E-state index contributed by atoms with van der Waals surface area (Å²) in [6.45, 7) is 2.59. The van der Waals surface area contributed by atoms with Crippen LogP contribution in [0.2, 0.25) is 0 Å². The van der Waals surface area contributed by atoms with E-state index < -0.39 is 5.54 Å². The Morgan fingerprint density at radius 1 is 1.07 bits per heavy atom. The zero-order valence-corrected chi connectivity index (χ0v) is 17.6. The van der Waals surface area contributed by atoms with Crippen molar-refractivity contribution in [3.05, 3.63) is 84.2 Å². The highest BCUT2D eigenvalue weighted by Gasteiger charge is 2.41. The van der Waals surface area contributed by atoms with Crippen LogP contribution in [0.15, 0.2) is 73.1 Å². The second kappa shape index (κ2) is 10.3. The summed E-state index contributed by atoms with van der Waals surface area (Å²) in [5.74, 6) is 0.868. The summed E-state index contributed by atoms with van der Waals surface area (Å²) in [4.78, 5) is 13.2. The van der Waals surface area contributed by atoms with Gasteiger partial charge in [0.2, 0.25) is 5.91 Å². The molecule has 1 aromatic heterocycles. The molecule has 1 fully saturated rings. The fourth-order valence-corrected chi connectivity index (χ4v) is 3.78. The first-order valence-electron chi connectivity index (χ1n) is 10.0. The zero-order chi connectivity index (χ0) is 19.9. The van der Waals surface area contributed by atoms with E-state index in [9.17, 15) is 4.79 Å². The van der Waals surface area contributed by atoms with E-state index in [1.807, 2.05) is 65.5 Å². The van der Waals surface area contributed by atoms with Crippen LogP contribution in [-0.2, 0) is 23.5 Å². The maximum absolute atomic E-state index is 13.2. The number of ether oxygens (including phenoxy) is 1. The molecule has 1 saturated heterocycles. The minimum atomic E-state index is -0.622. The number of benzene rings is 2. The molecule has 7 heteroatoms. The van der Waals surface area contributed by atoms with Crippen LogP contribution in [0.3, 0.4) is 0 Å². The van der Waals surface area contributed by atoms with Gasteiger partial charge in [-0.2, -0.15) is 5.10 Å². The first-order chi connectivity index (χ1) is 14.3. The molecule has 0 unspecified atom stereocenters. The highest BCUT2D eigenvalue weighted by atomic mass is 35.5. The second-order valence-electron chi connectivity index (χ2n) is 7.34. The summed E-state index contributed by atoms with van der Waals surface area (Å²) < 4.78 is 7.64. The molecule has 2 N–H and O–H groups in total. The van der Waals surface area contributed by atoms with Crippen LogP contribution >= 0.6 is 12.4 Å². The van der Waals surface area contributed by atoms with Crippen molar-refractivity contribution in [2.24, 2.45) is 0 Å². The van der Waals surface area contributed by atoms with Gasteiger partial charge in [-0.05, 0) is 55.3 Å². The molecule has 0 aliphatic carbocycles. The van der Waals surface area contributed by atoms with Crippen LogP contribution in [0.1, 0.15) is 24.0 Å². The smallest absolute Gasteiger partial charge is 0.248 e. The molecule has 1 aliphatic heterocycles. The number of nitrogens with one attached hydrogen (secondary N) is 2. The predicted molar refractivity (Wildman–Crippen MR) is 119 cm³/mol. The van der Waals surface area contributed by atoms with Gasteiger partial charge in [0.25, 0.3) is 0 Å². The first kappa shape index (κ1) is 21.9. The van der Waals surface area contributed by atoms with Crippen molar-refractivity contribution in [3.63, 3.8) is 0 Å². The van der Waals surface area contributed by atoms with E-state index >= 15 is 0 Å². The SMILES string of the molecule is Cl.O=C(NCc1cccc(COc2ccccc2)c1)C1(n2cccn2)CCNCC1. The van der Waals surface area contributed by atoms with Crippen LogP contribution in [-0.4, -0.2) is 28.8 Å². The van der Waals surface area contributed by atoms with E-state index in [0.717, 1.165) is 42.8 Å². The molecular formula is C23H27ClN4O2. The number of piperidine rings is 1. The van der Waals surface area contributed by atoms with Gasteiger partial charge in [-0.3, -0.25) is 9.48 Å². The van der Waals surface area contributed by atoms with Crippen LogP contribution in [0.5, 0.6) is 5.75 Å². The number of carbonyl (C=O) groups excluding carboxylic acids is 1. The summed E-state index contributed by atoms with van der Waals surface area (Å²) in [5.41, 5.74) is 1.50. The van der Waals surface area contributed by atoms with E-state index in [1.165, 1.54) is 0 Å². The molecular weight excluding hydrogens is 400 g/mol. The molecule has 0 atom stereocenters. The van der Waals surface area contributed by atoms with Crippen molar-refractivity contribution in [3.8, 4) is 5.75 Å². The van der Waals surface area contributed by atoms with Gasteiger partial charge in [-0.1, -0.05) is 42.5 Å². The number of aromatic nitrogens is 2. The van der Waals surface area contributed by atoms with Crippen LogP contribution < -0.4 is 15.4 Å². The average molecular weight is 427 g/mol. The lowest BCUT2D eigenvalue weighted by Gasteiger charge is -2.36. The number of nitrogens with zero attached hydrogens (tertiary/aromatic N) is 2. The minimum absolute atomic E-state index is 0. The third kappa shape index (κ3) is 5.01. The highest BCUT2D eigenvalue weighted by Crippen LogP contribution is 2.27. The second-order valence-corrected chi connectivity index (χ2v) is 7.34. The standard InChI is InChI=1S/C23H26N4O2.ClH/c28-22(23(10-13-24-14-11-23)27-15-5-12-26-27)25-17-19-6-4-7-20(16-19)18-29-21-8-2-1-3-9-21;/h1-9,12,15-16,24H,10-11,13-14,17-18H2,(H,25,28);1H. The Hall–Kier alpha value is -2.83. The van der Waals surface area contributed by atoms with E-state index in [1.54, 1.807) is 6.20 Å². The molecule has 30 heavy (non-hydrogen) atoms. The summed E-state index contributed by atoms with van der Waals surface area (Å²) in [7, 11) is 0. The molecule has 0 saturated carbocycles. The predicted octanol–water partition coefficient (Wildman–Crippen LogP) is 3.28. The molecule has 6 nitrogen and oxygen atoms in total. The number of hydrogen-bond acceptors (Lipinski definition) is 4. The Labute approximate surface area is 183 Å². The fraction of sp³-hybridized carbons (Fsp3) is 0.304. The summed E-state index contributed by atoms with van der Waals surface area (Å²) in [5, 5.41) is 10.8. The van der Waals surface area contributed by atoms with Gasteiger partial charge in [-0.15, -0.1) is 12.4 Å². The molecule has 2 aromatic carbocycles. The zero-order valence-electron chi connectivity index (χ0n) is 16.8. The van der Waals surface area contributed by atoms with Crippen molar-refractivity contribution >= 4 is 18.3 Å². The van der Waals surface area contributed by atoms with Gasteiger partial charge in [0, 0.05) is 18.9 Å². The maximum Gasteiger partial charge on any atom is 0.248 e. The molecule has 3 aromatic rings. The Morgan fingerprint density at radius 2 is 1.83 bits per heavy atom. The molecule has 0 bridgehead atoms. The quantitative estimate of drug-likeness (QED) is 0.608. The van der Waals surface area contributed by atoms with Gasteiger partial charge in [0.05, 0.1) is 0 Å². The lowest BCUT2D eigenvalue weighted by molar-refractivity contribution is -0.132. The Balaban J connectivity index is 0.00000256. The lowest BCUT2D eigenvalue weighted by atomic mass is 9.87. The topological polar surface area (TPSA) is 68.2 Å². The van der Waals surface area contributed by atoms with Crippen LogP contribution in [0.4, 0.5) is 0 Å². The third-order valence-electron chi connectivity index (χ3n) is 5.39. The molecule has 158 valence electrons. The highest BCUT2D eigenvalue weighted by molar-refractivity contribution is 5.85. The average Bonchev–Trinajstić information content (AvgIpc) is 3.33. The number of hydrogen-bond donors (Lipinski definition) is 2. The third-order valence-corrected chi connectivity index (χ3v) is 5.39. The Bertz CT molecular complexity index is 925. The number of para-hydroxylation sites is 1. The van der Waals surface area contributed by atoms with E-state index in [4.69, 9.17) is 4.74 Å². The van der Waals surface area contributed by atoms with Gasteiger partial charge in [-0.25, -0.2) is 0 Å². The Kier molecular flexibility index (Phi) is 7.49. The van der Waals surface area contributed by atoms with Crippen LogP contribution in [0.25, 0.3) is 0 Å². The number of carbonyl (C=O) groups is 1. The van der Waals surface area contributed by atoms with Crippen molar-refractivity contribution in [2.75, 3.05) is 13.1 Å². The summed E-state index contributed by atoms with van der Waals surface area (Å²) in [6.07, 6.45) is 5.07. The van der Waals surface area contributed by atoms with E-state index in [0.29, 0.717) is 13.2 Å². The van der Waals surface area contributed by atoms with Gasteiger partial charge in [0.1, 0.15) is 17.9 Å². The monoisotopic (exact) mass is 426 g/mol. The fourth-order valence-electron chi connectivity index (χ4n) is 3.78. The largest absolute Gasteiger partial charge is 0.489 e. The molecule has 1 aliphatic rings. The molecule has 0 spiro atoms. The number of halogens is 1. The lowest BCUT2D eigenvalue weighted by Crippen LogP contribution is -2.54.